The van der Waals surface area contributed by atoms with Gasteiger partial charge < -0.3 is 10.1 Å². The van der Waals surface area contributed by atoms with Crippen molar-refractivity contribution >= 4 is 77.2 Å². The molecule has 0 radical (unpaired) electrons. The smallest absolute Gasteiger partial charge is 0.308 e. The van der Waals surface area contributed by atoms with Crippen LogP contribution in [0.3, 0.4) is 0 Å². The van der Waals surface area contributed by atoms with Crippen LogP contribution in [0.2, 0.25) is 0 Å². The quantitative estimate of drug-likeness (QED) is 0.305. The number of benzene rings is 1. The molecule has 1 heterocycles. The Morgan fingerprint density at radius 2 is 1.60 bits per heavy atom. The Hall–Kier alpha value is -1.26. The van der Waals surface area contributed by atoms with Crippen molar-refractivity contribution in [2.75, 3.05) is 18.5 Å². The fraction of sp³-hybridized carbons (Fsp3) is 0.500. The Labute approximate surface area is 198 Å². The fourth-order valence-corrected chi connectivity index (χ4v) is 6.92. The predicted octanol–water partition coefficient (Wildman–Crippen LogP) is 3.10. The van der Waals surface area contributed by atoms with Gasteiger partial charge in [-0.2, -0.15) is 0 Å². The van der Waals surface area contributed by atoms with Crippen molar-refractivity contribution in [3.63, 3.8) is 0 Å². The number of halogens is 3. The summed E-state index contributed by atoms with van der Waals surface area (Å²) in [7, 11) is 0. The Bertz CT molecular complexity index is 861. The number of carbonyl (C=O) groups excluding carboxylic acids is 4. The van der Waals surface area contributed by atoms with E-state index in [1.54, 1.807) is 24.3 Å². The van der Waals surface area contributed by atoms with Crippen molar-refractivity contribution < 1.29 is 23.9 Å². The molecule has 1 aromatic carbocycles. The van der Waals surface area contributed by atoms with Crippen molar-refractivity contribution in [3.8, 4) is 0 Å². The van der Waals surface area contributed by atoms with Gasteiger partial charge in [-0.25, -0.2) is 0 Å². The van der Waals surface area contributed by atoms with Gasteiger partial charge in [-0.3, -0.25) is 24.1 Å². The predicted molar refractivity (Wildman–Crippen MR) is 119 cm³/mol. The van der Waals surface area contributed by atoms with E-state index in [0.29, 0.717) is 5.69 Å². The number of rotatable bonds is 6. The third-order valence-electron chi connectivity index (χ3n) is 6.11. The first kappa shape index (κ1) is 22.0. The molecule has 10 heteroatoms. The van der Waals surface area contributed by atoms with Crippen LogP contribution in [-0.4, -0.2) is 51.4 Å². The van der Waals surface area contributed by atoms with Crippen molar-refractivity contribution in [2.45, 2.75) is 22.5 Å². The van der Waals surface area contributed by atoms with Crippen molar-refractivity contribution in [1.82, 2.24) is 4.90 Å². The average molecular weight is 607 g/mol. The summed E-state index contributed by atoms with van der Waals surface area (Å²) in [6.07, 6.45) is 0.731. The number of carbonyl (C=O) groups is 4. The van der Waals surface area contributed by atoms with E-state index >= 15 is 0 Å². The van der Waals surface area contributed by atoms with Gasteiger partial charge in [0.2, 0.25) is 11.8 Å². The van der Waals surface area contributed by atoms with Gasteiger partial charge in [-0.1, -0.05) is 47.8 Å². The summed E-state index contributed by atoms with van der Waals surface area (Å²) < 4.78 is 5.87. The lowest BCUT2D eigenvalue weighted by Crippen LogP contribution is -2.37. The SMILES string of the molecule is O=C(COC(=O)CCN1C(=O)[C@@H]2[C@H]3C[C@@H]([C@H](Br)[C@@H]3Br)[C@@H]2C1=O)Nc1ccc(Br)cc1. The molecule has 3 amide bonds. The zero-order valence-corrected chi connectivity index (χ0v) is 20.5. The summed E-state index contributed by atoms with van der Waals surface area (Å²) in [6, 6.07) is 6.99. The molecule has 2 aliphatic carbocycles. The van der Waals surface area contributed by atoms with Crippen LogP contribution in [-0.2, 0) is 23.9 Å². The number of nitrogens with one attached hydrogen (secondary N) is 1. The molecule has 0 unspecified atom stereocenters. The highest BCUT2D eigenvalue weighted by atomic mass is 79.9. The van der Waals surface area contributed by atoms with Crippen LogP contribution in [0.25, 0.3) is 0 Å². The molecule has 1 aliphatic heterocycles. The van der Waals surface area contributed by atoms with Crippen LogP contribution in [0.5, 0.6) is 0 Å². The maximum Gasteiger partial charge on any atom is 0.308 e. The molecule has 1 saturated heterocycles. The summed E-state index contributed by atoms with van der Waals surface area (Å²) in [5.41, 5.74) is 0.587. The molecule has 6 atom stereocenters. The largest absolute Gasteiger partial charge is 0.456 e. The second-order valence-corrected chi connectivity index (χ2v) is 10.8. The number of ether oxygens (including phenoxy) is 1. The third kappa shape index (κ3) is 3.98. The molecule has 160 valence electrons. The fourth-order valence-electron chi connectivity index (χ4n) is 4.78. The Kier molecular flexibility index (Phi) is 6.37. The highest BCUT2D eigenvalue weighted by molar-refractivity contribution is 9.12. The molecule has 2 saturated carbocycles. The lowest BCUT2D eigenvalue weighted by molar-refractivity contribution is -0.149. The lowest BCUT2D eigenvalue weighted by atomic mass is 9.81. The van der Waals surface area contributed by atoms with E-state index < -0.39 is 18.5 Å². The summed E-state index contributed by atoms with van der Waals surface area (Å²) in [4.78, 5) is 51.1. The molecule has 3 fully saturated rings. The number of alkyl halides is 2. The minimum absolute atomic E-state index is 0.0167. The van der Waals surface area contributed by atoms with E-state index in [4.69, 9.17) is 4.74 Å². The van der Waals surface area contributed by atoms with Gasteiger partial charge in [0, 0.05) is 26.4 Å². The molecule has 1 aromatic rings. The van der Waals surface area contributed by atoms with Crippen LogP contribution < -0.4 is 5.32 Å². The van der Waals surface area contributed by atoms with E-state index in [0.717, 1.165) is 10.9 Å². The molecule has 30 heavy (non-hydrogen) atoms. The van der Waals surface area contributed by atoms with E-state index in [-0.39, 0.29) is 58.1 Å². The zero-order chi connectivity index (χ0) is 21.6. The van der Waals surface area contributed by atoms with Gasteiger partial charge >= 0.3 is 5.97 Å². The normalized spacial score (nSPS) is 31.8. The molecule has 1 N–H and O–H groups in total. The second kappa shape index (κ2) is 8.70. The highest BCUT2D eigenvalue weighted by Gasteiger charge is 2.66. The Morgan fingerprint density at radius 3 is 2.17 bits per heavy atom. The minimum Gasteiger partial charge on any atom is -0.456 e. The first-order valence-electron chi connectivity index (χ1n) is 9.62. The number of amides is 3. The molecule has 0 aromatic heterocycles. The summed E-state index contributed by atoms with van der Waals surface area (Å²) in [6.45, 7) is -0.445. The number of hydrogen-bond acceptors (Lipinski definition) is 5. The number of imide groups is 1. The summed E-state index contributed by atoms with van der Waals surface area (Å²) in [5, 5.41) is 2.62. The molecule has 2 bridgehead atoms. The lowest BCUT2D eigenvalue weighted by Gasteiger charge is -2.28. The van der Waals surface area contributed by atoms with Crippen LogP contribution in [0, 0.1) is 23.7 Å². The first-order chi connectivity index (χ1) is 14.3. The summed E-state index contributed by atoms with van der Waals surface area (Å²) in [5.74, 6) is -1.79. The van der Waals surface area contributed by atoms with Crippen LogP contribution >= 0.6 is 47.8 Å². The highest BCUT2D eigenvalue weighted by Crippen LogP contribution is 2.60. The molecule has 3 aliphatic rings. The van der Waals surface area contributed by atoms with Crippen molar-refractivity contribution in [3.05, 3.63) is 28.7 Å². The Morgan fingerprint density at radius 1 is 1.03 bits per heavy atom. The maximum atomic E-state index is 12.8. The number of hydrogen-bond donors (Lipinski definition) is 1. The molecular weight excluding hydrogens is 588 g/mol. The van der Waals surface area contributed by atoms with Crippen LogP contribution in [0.1, 0.15) is 12.8 Å². The van der Waals surface area contributed by atoms with Crippen molar-refractivity contribution in [1.29, 1.82) is 0 Å². The Balaban J connectivity index is 1.25. The molecular formula is C20H19Br3N2O5. The average Bonchev–Trinajstić information content (AvgIpc) is 3.32. The second-order valence-electron chi connectivity index (χ2n) is 7.80. The van der Waals surface area contributed by atoms with Gasteiger partial charge in [-0.05, 0) is 42.5 Å². The number of esters is 1. The van der Waals surface area contributed by atoms with E-state index in [1.807, 2.05) is 0 Å². The number of nitrogens with zero attached hydrogens (tertiary/aromatic N) is 1. The number of fused-ring (bicyclic) bond motifs is 5. The zero-order valence-electron chi connectivity index (χ0n) is 15.7. The van der Waals surface area contributed by atoms with E-state index in [2.05, 4.69) is 53.1 Å². The van der Waals surface area contributed by atoms with Gasteiger partial charge in [0.25, 0.3) is 5.91 Å². The minimum atomic E-state index is -0.627. The van der Waals surface area contributed by atoms with E-state index in [1.165, 1.54) is 4.90 Å². The monoisotopic (exact) mass is 604 g/mol. The maximum absolute atomic E-state index is 12.8. The van der Waals surface area contributed by atoms with Gasteiger partial charge in [0.05, 0.1) is 18.3 Å². The third-order valence-corrected chi connectivity index (χ3v) is 9.85. The van der Waals surface area contributed by atoms with Gasteiger partial charge in [-0.15, -0.1) is 0 Å². The van der Waals surface area contributed by atoms with Crippen LogP contribution in [0.15, 0.2) is 28.7 Å². The standard InChI is InChI=1S/C20H19Br3N2O5/c21-9-1-3-10(4-2-9)24-13(26)8-30-14(27)5-6-25-19(28)15-11-7-12(16(15)20(25)29)18(23)17(11)22/h1-4,11-12,15-18H,5-8H2,(H,24,26)/t11-,12-,15-,16+,17-,18+/m1/s1. The molecule has 7 nitrogen and oxygen atoms in total. The van der Waals surface area contributed by atoms with Gasteiger partial charge in [0.15, 0.2) is 6.61 Å². The summed E-state index contributed by atoms with van der Waals surface area (Å²) >= 11 is 10.6. The number of likely N-dealkylation sites (tertiary alicyclic amines) is 1. The number of anilines is 1. The molecule has 4 rings (SSSR count). The topological polar surface area (TPSA) is 92.8 Å². The van der Waals surface area contributed by atoms with Crippen molar-refractivity contribution in [2.24, 2.45) is 23.7 Å². The molecule has 0 spiro atoms. The van der Waals surface area contributed by atoms with Gasteiger partial charge in [0.1, 0.15) is 0 Å². The van der Waals surface area contributed by atoms with E-state index in [9.17, 15) is 19.2 Å². The van der Waals surface area contributed by atoms with Crippen LogP contribution in [0.4, 0.5) is 5.69 Å². The first-order valence-corrected chi connectivity index (χ1v) is 12.2.